The first kappa shape index (κ1) is 14.4. The molecule has 1 unspecified atom stereocenters. The molecular formula is C13H11BrF2O2S. The fraction of sp³-hybridized carbons (Fsp3) is 0.231. The minimum atomic E-state index is -2.91. The molecule has 0 saturated heterocycles. The Labute approximate surface area is 121 Å². The van der Waals surface area contributed by atoms with E-state index in [-0.39, 0.29) is 5.75 Å². The summed E-state index contributed by atoms with van der Waals surface area (Å²) >= 11 is 4.76. The number of alkyl halides is 2. The Kier molecular flexibility index (Phi) is 4.54. The number of hydrogen-bond donors (Lipinski definition) is 1. The number of aliphatic hydroxyl groups is 1. The third kappa shape index (κ3) is 3.32. The minimum absolute atomic E-state index is 0.0112. The molecule has 2 rings (SSSR count). The maximum absolute atomic E-state index is 12.3. The van der Waals surface area contributed by atoms with Gasteiger partial charge < -0.3 is 9.84 Å². The molecule has 1 heterocycles. The van der Waals surface area contributed by atoms with E-state index in [0.29, 0.717) is 10.4 Å². The predicted molar refractivity (Wildman–Crippen MR) is 73.9 cm³/mol. The second kappa shape index (κ2) is 5.98. The molecule has 0 aliphatic carbocycles. The zero-order valence-corrected chi connectivity index (χ0v) is 12.3. The van der Waals surface area contributed by atoms with Crippen LogP contribution in [0.5, 0.6) is 5.75 Å². The van der Waals surface area contributed by atoms with Crippen LogP contribution in [-0.4, -0.2) is 11.7 Å². The smallest absolute Gasteiger partial charge is 0.387 e. The monoisotopic (exact) mass is 348 g/mol. The standard InChI is InChI=1S/C13H11BrF2O2S/c1-7-6-9(14)12(19-7)11(17)8-4-2-3-5-10(8)18-13(15)16/h2-6,11,13,17H,1H3. The van der Waals surface area contributed by atoms with E-state index < -0.39 is 12.7 Å². The molecule has 0 aliphatic heterocycles. The third-order valence-electron chi connectivity index (χ3n) is 2.51. The van der Waals surface area contributed by atoms with Crippen LogP contribution in [0.3, 0.4) is 0 Å². The van der Waals surface area contributed by atoms with E-state index in [0.717, 1.165) is 9.35 Å². The minimum Gasteiger partial charge on any atom is -0.434 e. The molecule has 2 aromatic rings. The molecule has 0 bridgehead atoms. The van der Waals surface area contributed by atoms with Gasteiger partial charge in [0.15, 0.2) is 0 Å². The van der Waals surface area contributed by atoms with Gasteiger partial charge in [-0.05, 0) is 35.0 Å². The van der Waals surface area contributed by atoms with Crippen LogP contribution in [0, 0.1) is 6.92 Å². The molecule has 0 fully saturated rings. The number of aryl methyl sites for hydroxylation is 1. The number of para-hydroxylation sites is 1. The number of benzene rings is 1. The van der Waals surface area contributed by atoms with Crippen molar-refractivity contribution >= 4 is 27.3 Å². The van der Waals surface area contributed by atoms with Gasteiger partial charge in [-0.15, -0.1) is 11.3 Å². The molecule has 0 radical (unpaired) electrons. The SMILES string of the molecule is Cc1cc(Br)c(C(O)c2ccccc2OC(F)F)s1. The first-order valence-electron chi connectivity index (χ1n) is 5.46. The highest BCUT2D eigenvalue weighted by molar-refractivity contribution is 9.10. The summed E-state index contributed by atoms with van der Waals surface area (Å²) in [7, 11) is 0. The number of halogens is 3. The van der Waals surface area contributed by atoms with E-state index in [1.165, 1.54) is 17.4 Å². The van der Waals surface area contributed by atoms with Crippen molar-refractivity contribution in [2.75, 3.05) is 0 Å². The molecule has 102 valence electrons. The van der Waals surface area contributed by atoms with Crippen LogP contribution in [-0.2, 0) is 0 Å². The van der Waals surface area contributed by atoms with Crippen molar-refractivity contribution in [3.05, 3.63) is 50.1 Å². The van der Waals surface area contributed by atoms with Gasteiger partial charge in [0.1, 0.15) is 11.9 Å². The molecule has 1 atom stereocenters. The fourth-order valence-electron chi connectivity index (χ4n) is 1.74. The van der Waals surface area contributed by atoms with Crippen LogP contribution in [0.25, 0.3) is 0 Å². The summed E-state index contributed by atoms with van der Waals surface area (Å²) in [6.07, 6.45) is -0.997. The molecule has 19 heavy (non-hydrogen) atoms. The van der Waals surface area contributed by atoms with Crippen molar-refractivity contribution in [3.63, 3.8) is 0 Å². The summed E-state index contributed by atoms with van der Waals surface area (Å²) in [5.41, 5.74) is 0.324. The predicted octanol–water partition coefficient (Wildman–Crippen LogP) is 4.50. The van der Waals surface area contributed by atoms with E-state index in [9.17, 15) is 13.9 Å². The van der Waals surface area contributed by atoms with Crippen LogP contribution in [0.15, 0.2) is 34.8 Å². The van der Waals surface area contributed by atoms with Crippen LogP contribution >= 0.6 is 27.3 Å². The van der Waals surface area contributed by atoms with Gasteiger partial charge in [-0.2, -0.15) is 8.78 Å². The lowest BCUT2D eigenvalue weighted by Crippen LogP contribution is -2.07. The van der Waals surface area contributed by atoms with Gasteiger partial charge in [-0.1, -0.05) is 18.2 Å². The highest BCUT2D eigenvalue weighted by Gasteiger charge is 2.21. The van der Waals surface area contributed by atoms with Gasteiger partial charge in [0.25, 0.3) is 0 Å². The molecule has 1 aromatic carbocycles. The summed E-state index contributed by atoms with van der Waals surface area (Å²) in [6.45, 7) is -1.01. The average molecular weight is 349 g/mol. The Hall–Kier alpha value is -0.980. The maximum Gasteiger partial charge on any atom is 0.387 e. The van der Waals surface area contributed by atoms with Gasteiger partial charge in [0.05, 0.1) is 4.88 Å². The Morgan fingerprint density at radius 2 is 2.00 bits per heavy atom. The van der Waals surface area contributed by atoms with Gasteiger partial charge in [0, 0.05) is 14.9 Å². The molecule has 1 aromatic heterocycles. The summed E-state index contributed by atoms with van der Waals surface area (Å²) in [4.78, 5) is 1.69. The summed E-state index contributed by atoms with van der Waals surface area (Å²) in [6, 6.07) is 8.12. The van der Waals surface area contributed by atoms with E-state index in [2.05, 4.69) is 20.7 Å². The zero-order valence-electron chi connectivity index (χ0n) is 9.94. The van der Waals surface area contributed by atoms with Gasteiger partial charge in [-0.25, -0.2) is 0 Å². The molecule has 0 aliphatic rings. The van der Waals surface area contributed by atoms with E-state index in [4.69, 9.17) is 0 Å². The van der Waals surface area contributed by atoms with Crippen molar-refractivity contribution in [1.29, 1.82) is 0 Å². The van der Waals surface area contributed by atoms with Crippen LogP contribution in [0.4, 0.5) is 8.78 Å². The first-order chi connectivity index (χ1) is 8.99. The Morgan fingerprint density at radius 1 is 1.32 bits per heavy atom. The maximum atomic E-state index is 12.3. The summed E-state index contributed by atoms with van der Waals surface area (Å²) in [5, 5.41) is 10.3. The third-order valence-corrected chi connectivity index (χ3v) is 4.54. The van der Waals surface area contributed by atoms with Gasteiger partial charge >= 0.3 is 6.61 Å². The van der Waals surface area contributed by atoms with Crippen molar-refractivity contribution < 1.29 is 18.6 Å². The Balaban J connectivity index is 2.38. The highest BCUT2D eigenvalue weighted by atomic mass is 79.9. The van der Waals surface area contributed by atoms with Crippen LogP contribution < -0.4 is 4.74 Å². The normalized spacial score (nSPS) is 12.7. The van der Waals surface area contributed by atoms with Crippen LogP contribution in [0.1, 0.15) is 21.4 Å². The average Bonchev–Trinajstić information content (AvgIpc) is 2.67. The Morgan fingerprint density at radius 3 is 2.58 bits per heavy atom. The van der Waals surface area contributed by atoms with E-state index in [1.54, 1.807) is 18.2 Å². The first-order valence-corrected chi connectivity index (χ1v) is 7.07. The number of rotatable bonds is 4. The summed E-state index contributed by atoms with van der Waals surface area (Å²) in [5.74, 6) is -0.0112. The molecule has 2 nitrogen and oxygen atoms in total. The molecule has 0 spiro atoms. The quantitative estimate of drug-likeness (QED) is 0.881. The number of thiophene rings is 1. The van der Waals surface area contributed by atoms with Crippen molar-refractivity contribution in [3.8, 4) is 5.75 Å². The van der Waals surface area contributed by atoms with E-state index in [1.807, 2.05) is 13.0 Å². The van der Waals surface area contributed by atoms with E-state index >= 15 is 0 Å². The molecule has 0 amide bonds. The van der Waals surface area contributed by atoms with Gasteiger partial charge in [-0.3, -0.25) is 0 Å². The second-order valence-corrected chi connectivity index (χ2v) is 6.03. The zero-order chi connectivity index (χ0) is 14.0. The summed E-state index contributed by atoms with van der Waals surface area (Å²) < 4.78 is 29.9. The van der Waals surface area contributed by atoms with Crippen molar-refractivity contribution in [2.24, 2.45) is 0 Å². The lowest BCUT2D eigenvalue weighted by molar-refractivity contribution is -0.0512. The largest absolute Gasteiger partial charge is 0.434 e. The molecular weight excluding hydrogens is 338 g/mol. The second-order valence-electron chi connectivity index (χ2n) is 3.89. The molecule has 1 N–H and O–H groups in total. The van der Waals surface area contributed by atoms with Crippen LogP contribution in [0.2, 0.25) is 0 Å². The fourth-order valence-corrected chi connectivity index (χ4v) is 3.61. The highest BCUT2D eigenvalue weighted by Crippen LogP contribution is 2.38. The number of ether oxygens (including phenoxy) is 1. The lowest BCUT2D eigenvalue weighted by atomic mass is 10.1. The van der Waals surface area contributed by atoms with Gasteiger partial charge in [0.2, 0.25) is 0 Å². The Bertz CT molecular complexity index is 572. The molecule has 6 heteroatoms. The number of aliphatic hydroxyl groups excluding tert-OH is 1. The lowest BCUT2D eigenvalue weighted by Gasteiger charge is -2.15. The topological polar surface area (TPSA) is 29.5 Å². The number of hydrogen-bond acceptors (Lipinski definition) is 3. The molecule has 0 saturated carbocycles. The van der Waals surface area contributed by atoms with Crippen molar-refractivity contribution in [1.82, 2.24) is 0 Å². The van der Waals surface area contributed by atoms with Crippen molar-refractivity contribution in [2.45, 2.75) is 19.6 Å².